The van der Waals surface area contributed by atoms with Crippen molar-refractivity contribution in [1.29, 1.82) is 0 Å². The van der Waals surface area contributed by atoms with Crippen LogP contribution < -0.4 is 5.32 Å². The average Bonchev–Trinajstić information content (AvgIpc) is 3.19. The molecule has 0 bridgehead atoms. The largest absolute Gasteiger partial charge is 0.346 e. The van der Waals surface area contributed by atoms with Crippen LogP contribution in [0.5, 0.6) is 0 Å². The van der Waals surface area contributed by atoms with Crippen LogP contribution in [-0.4, -0.2) is 31.9 Å². The standard InChI is InChI=1S/C17H19N5OS2/c1-11-19-16(22(2)21-11)12-4-6-13(7-5-12)17(23)18-8-14-9-25-15(20-14)10-24-3/h4-7,9H,8,10H2,1-3H3,(H,18,23). The number of nitrogens with one attached hydrogen (secondary N) is 1. The zero-order valence-corrected chi connectivity index (χ0v) is 15.9. The van der Waals surface area contributed by atoms with Gasteiger partial charge in [0.05, 0.1) is 12.2 Å². The van der Waals surface area contributed by atoms with Crippen LogP contribution in [0.1, 0.15) is 26.9 Å². The molecule has 1 amide bonds. The summed E-state index contributed by atoms with van der Waals surface area (Å²) in [6, 6.07) is 7.37. The number of carbonyl (C=O) groups is 1. The van der Waals surface area contributed by atoms with E-state index in [0.717, 1.165) is 33.7 Å². The number of aromatic nitrogens is 4. The summed E-state index contributed by atoms with van der Waals surface area (Å²) in [5, 5.41) is 10.2. The van der Waals surface area contributed by atoms with E-state index in [4.69, 9.17) is 0 Å². The van der Waals surface area contributed by atoms with E-state index < -0.39 is 0 Å². The molecule has 0 aliphatic heterocycles. The summed E-state index contributed by atoms with van der Waals surface area (Å²) < 4.78 is 1.73. The van der Waals surface area contributed by atoms with Gasteiger partial charge in [-0.15, -0.1) is 11.3 Å². The van der Waals surface area contributed by atoms with E-state index in [2.05, 4.69) is 26.6 Å². The second kappa shape index (κ2) is 7.79. The first-order valence-corrected chi connectivity index (χ1v) is 10.0. The molecule has 0 radical (unpaired) electrons. The van der Waals surface area contributed by atoms with Gasteiger partial charge in [-0.3, -0.25) is 4.79 Å². The molecule has 0 spiro atoms. The molecule has 1 aromatic carbocycles. The molecule has 0 atom stereocenters. The zero-order valence-electron chi connectivity index (χ0n) is 14.3. The quantitative estimate of drug-likeness (QED) is 0.719. The molecule has 8 heteroatoms. The number of benzene rings is 1. The van der Waals surface area contributed by atoms with E-state index in [1.165, 1.54) is 0 Å². The van der Waals surface area contributed by atoms with Crippen molar-refractivity contribution in [2.24, 2.45) is 7.05 Å². The molecule has 130 valence electrons. The van der Waals surface area contributed by atoms with Gasteiger partial charge in [-0.1, -0.05) is 12.1 Å². The highest BCUT2D eigenvalue weighted by atomic mass is 32.2. The van der Waals surface area contributed by atoms with Gasteiger partial charge in [0.2, 0.25) is 0 Å². The Kier molecular flexibility index (Phi) is 5.50. The summed E-state index contributed by atoms with van der Waals surface area (Å²) in [7, 11) is 1.86. The maximum Gasteiger partial charge on any atom is 0.251 e. The van der Waals surface area contributed by atoms with E-state index in [9.17, 15) is 4.79 Å². The number of carbonyl (C=O) groups excluding carboxylic acids is 1. The number of rotatable bonds is 6. The normalized spacial score (nSPS) is 10.8. The Hall–Kier alpha value is -2.19. The van der Waals surface area contributed by atoms with Crippen LogP contribution in [0.25, 0.3) is 11.4 Å². The van der Waals surface area contributed by atoms with Gasteiger partial charge < -0.3 is 5.32 Å². The Balaban J connectivity index is 1.63. The predicted octanol–water partition coefficient (Wildman–Crippen LogP) is 3.04. The summed E-state index contributed by atoms with van der Waals surface area (Å²) in [6.07, 6.45) is 2.05. The fraction of sp³-hybridized carbons (Fsp3) is 0.294. The highest BCUT2D eigenvalue weighted by Gasteiger charge is 2.10. The fourth-order valence-electron chi connectivity index (χ4n) is 2.43. The first kappa shape index (κ1) is 17.6. The molecule has 0 aliphatic carbocycles. The Morgan fingerprint density at radius 1 is 1.28 bits per heavy atom. The number of hydrogen-bond donors (Lipinski definition) is 1. The Morgan fingerprint density at radius 2 is 2.04 bits per heavy atom. The van der Waals surface area contributed by atoms with Crippen LogP contribution in [0.2, 0.25) is 0 Å². The molecule has 2 heterocycles. The van der Waals surface area contributed by atoms with Gasteiger partial charge in [-0.05, 0) is 25.3 Å². The Bertz CT molecular complexity index is 870. The minimum Gasteiger partial charge on any atom is -0.346 e. The third-order valence-corrected chi connectivity index (χ3v) is 5.21. The van der Waals surface area contributed by atoms with E-state index in [-0.39, 0.29) is 5.91 Å². The number of hydrogen-bond acceptors (Lipinski definition) is 6. The molecule has 0 fully saturated rings. The smallest absolute Gasteiger partial charge is 0.251 e. The van der Waals surface area contributed by atoms with Crippen molar-refractivity contribution in [3.05, 3.63) is 51.7 Å². The molecule has 0 aliphatic rings. The van der Waals surface area contributed by atoms with E-state index >= 15 is 0 Å². The molecule has 2 aromatic heterocycles. The predicted molar refractivity (Wildman–Crippen MR) is 102 cm³/mol. The minimum atomic E-state index is -0.111. The third-order valence-electron chi connectivity index (χ3n) is 3.57. The average molecular weight is 374 g/mol. The number of thiazole rings is 1. The maximum atomic E-state index is 12.3. The van der Waals surface area contributed by atoms with Crippen LogP contribution in [0.3, 0.4) is 0 Å². The SMILES string of the molecule is CSCc1nc(CNC(=O)c2ccc(-c3nc(C)nn3C)cc2)cs1. The molecule has 25 heavy (non-hydrogen) atoms. The van der Waals surface area contributed by atoms with Gasteiger partial charge in [0.1, 0.15) is 10.8 Å². The van der Waals surface area contributed by atoms with Crippen molar-refractivity contribution in [1.82, 2.24) is 25.1 Å². The van der Waals surface area contributed by atoms with Crippen molar-refractivity contribution in [3.8, 4) is 11.4 Å². The topological polar surface area (TPSA) is 72.7 Å². The first-order valence-electron chi connectivity index (χ1n) is 7.75. The molecule has 6 nitrogen and oxygen atoms in total. The summed E-state index contributed by atoms with van der Waals surface area (Å²) in [5.41, 5.74) is 2.44. The Morgan fingerprint density at radius 3 is 2.68 bits per heavy atom. The van der Waals surface area contributed by atoms with Gasteiger partial charge in [0.25, 0.3) is 5.91 Å². The number of aryl methyl sites for hydroxylation is 2. The highest BCUT2D eigenvalue weighted by Crippen LogP contribution is 2.18. The lowest BCUT2D eigenvalue weighted by molar-refractivity contribution is 0.0950. The van der Waals surface area contributed by atoms with E-state index in [1.807, 2.05) is 31.5 Å². The van der Waals surface area contributed by atoms with Crippen molar-refractivity contribution in [2.75, 3.05) is 6.26 Å². The van der Waals surface area contributed by atoms with Gasteiger partial charge >= 0.3 is 0 Å². The summed E-state index contributed by atoms with van der Waals surface area (Å²) in [6.45, 7) is 2.29. The van der Waals surface area contributed by atoms with Crippen LogP contribution in [0, 0.1) is 6.92 Å². The molecule has 0 saturated carbocycles. The molecular formula is C17H19N5OS2. The van der Waals surface area contributed by atoms with Crippen LogP contribution in [0.15, 0.2) is 29.6 Å². The van der Waals surface area contributed by atoms with Gasteiger partial charge in [-0.2, -0.15) is 16.9 Å². The molecule has 3 aromatic rings. The number of thioether (sulfide) groups is 1. The molecule has 0 saturated heterocycles. The van der Waals surface area contributed by atoms with Gasteiger partial charge in [0.15, 0.2) is 5.82 Å². The molecule has 0 unspecified atom stereocenters. The lowest BCUT2D eigenvalue weighted by Crippen LogP contribution is -2.22. The maximum absolute atomic E-state index is 12.3. The lowest BCUT2D eigenvalue weighted by Gasteiger charge is -2.05. The lowest BCUT2D eigenvalue weighted by atomic mass is 10.1. The first-order chi connectivity index (χ1) is 12.1. The van der Waals surface area contributed by atoms with Crippen LogP contribution in [-0.2, 0) is 19.3 Å². The Labute approximate surface area is 154 Å². The highest BCUT2D eigenvalue weighted by molar-refractivity contribution is 7.97. The van der Waals surface area contributed by atoms with E-state index in [1.54, 1.807) is 39.9 Å². The second-order valence-electron chi connectivity index (χ2n) is 5.53. The summed E-state index contributed by atoms with van der Waals surface area (Å²) >= 11 is 3.37. The fourth-order valence-corrected chi connectivity index (χ4v) is 3.94. The summed E-state index contributed by atoms with van der Waals surface area (Å²) in [4.78, 5) is 21.2. The molecular weight excluding hydrogens is 354 g/mol. The van der Waals surface area contributed by atoms with Gasteiger partial charge in [0, 0.05) is 29.3 Å². The van der Waals surface area contributed by atoms with E-state index in [0.29, 0.717) is 12.1 Å². The second-order valence-corrected chi connectivity index (χ2v) is 7.34. The monoisotopic (exact) mass is 373 g/mol. The van der Waals surface area contributed by atoms with Crippen LogP contribution in [0.4, 0.5) is 0 Å². The van der Waals surface area contributed by atoms with Crippen molar-refractivity contribution in [2.45, 2.75) is 19.2 Å². The van der Waals surface area contributed by atoms with Crippen LogP contribution >= 0.6 is 23.1 Å². The van der Waals surface area contributed by atoms with Crippen molar-refractivity contribution >= 4 is 29.0 Å². The van der Waals surface area contributed by atoms with Crippen molar-refractivity contribution in [3.63, 3.8) is 0 Å². The molecule has 1 N–H and O–H groups in total. The third kappa shape index (κ3) is 4.26. The number of nitrogens with zero attached hydrogens (tertiary/aromatic N) is 4. The minimum absolute atomic E-state index is 0.111. The van der Waals surface area contributed by atoms with Gasteiger partial charge in [-0.25, -0.2) is 14.6 Å². The number of amides is 1. The zero-order chi connectivity index (χ0) is 17.8. The van der Waals surface area contributed by atoms with Crippen molar-refractivity contribution < 1.29 is 4.79 Å². The summed E-state index contributed by atoms with van der Waals surface area (Å²) in [5.74, 6) is 2.30. The molecule has 3 rings (SSSR count).